The van der Waals surface area contributed by atoms with Gasteiger partial charge in [-0.15, -0.1) is 0 Å². The van der Waals surface area contributed by atoms with Gasteiger partial charge >= 0.3 is 5.97 Å². The number of sulfonamides is 1. The predicted octanol–water partition coefficient (Wildman–Crippen LogP) is 3.00. The van der Waals surface area contributed by atoms with Crippen molar-refractivity contribution in [2.24, 2.45) is 0 Å². The summed E-state index contributed by atoms with van der Waals surface area (Å²) in [7, 11) is -4.52. The summed E-state index contributed by atoms with van der Waals surface area (Å²) in [6.45, 7) is 4.16. The first-order valence-corrected chi connectivity index (χ1v) is 9.88. The fourth-order valence-corrected chi connectivity index (χ4v) is 4.04. The van der Waals surface area contributed by atoms with Crippen molar-refractivity contribution in [2.75, 3.05) is 10.8 Å². The Morgan fingerprint density at radius 2 is 1.86 bits per heavy atom. The molecule has 9 nitrogen and oxygen atoms in total. The second-order valence-corrected chi connectivity index (χ2v) is 8.82. The summed E-state index contributed by atoms with van der Waals surface area (Å²) in [5, 5.41) is 20.4. The number of carbonyl (C=O) groups is 1. The number of anilines is 1. The molecule has 0 amide bonds. The minimum atomic E-state index is -4.52. The number of nitriles is 1. The van der Waals surface area contributed by atoms with Gasteiger partial charge in [-0.3, -0.25) is 19.2 Å². The van der Waals surface area contributed by atoms with Gasteiger partial charge < -0.3 is 4.74 Å². The zero-order chi connectivity index (χ0) is 21.8. The van der Waals surface area contributed by atoms with Gasteiger partial charge in [0.25, 0.3) is 15.7 Å². The van der Waals surface area contributed by atoms with Crippen molar-refractivity contribution in [3.05, 3.63) is 64.2 Å². The van der Waals surface area contributed by atoms with Crippen LogP contribution in [-0.2, 0) is 19.6 Å². The standard InChI is InChI=1S/C19H19N3O6S/c1-19(2,3)28-18(23)13-21(15-8-6-7-14(11-15)12-20)29(26,27)17-10-5-4-9-16(17)22(24)25/h4-11H,13H2,1-3H3. The van der Waals surface area contributed by atoms with E-state index in [9.17, 15) is 23.3 Å². The number of ether oxygens (including phenoxy) is 1. The molecule has 0 spiro atoms. The predicted molar refractivity (Wildman–Crippen MR) is 105 cm³/mol. The van der Waals surface area contributed by atoms with E-state index >= 15 is 0 Å². The molecule has 2 aromatic carbocycles. The molecule has 0 radical (unpaired) electrons. The van der Waals surface area contributed by atoms with Crippen LogP contribution in [0.5, 0.6) is 0 Å². The van der Waals surface area contributed by atoms with E-state index in [1.54, 1.807) is 20.8 Å². The van der Waals surface area contributed by atoms with E-state index in [1.807, 2.05) is 6.07 Å². The lowest BCUT2D eigenvalue weighted by molar-refractivity contribution is -0.387. The number of nitro benzene ring substituents is 1. The molecule has 0 aliphatic rings. The van der Waals surface area contributed by atoms with E-state index < -0.39 is 43.6 Å². The first kappa shape index (κ1) is 21.8. The molecule has 0 aliphatic heterocycles. The summed E-state index contributed by atoms with van der Waals surface area (Å²) in [5.74, 6) is -0.845. The summed E-state index contributed by atoms with van der Waals surface area (Å²) in [6, 6.07) is 12.3. The fraction of sp³-hybridized carbons (Fsp3) is 0.263. The minimum absolute atomic E-state index is 0.00746. The molecule has 29 heavy (non-hydrogen) atoms. The van der Waals surface area contributed by atoms with Crippen LogP contribution in [0, 0.1) is 21.4 Å². The maximum Gasteiger partial charge on any atom is 0.327 e. The van der Waals surface area contributed by atoms with Gasteiger partial charge in [-0.2, -0.15) is 5.26 Å². The van der Waals surface area contributed by atoms with E-state index in [1.165, 1.54) is 36.4 Å². The highest BCUT2D eigenvalue weighted by Gasteiger charge is 2.34. The van der Waals surface area contributed by atoms with Crippen molar-refractivity contribution in [3.63, 3.8) is 0 Å². The van der Waals surface area contributed by atoms with Crippen LogP contribution in [-0.4, -0.2) is 31.5 Å². The Kier molecular flexibility index (Phi) is 6.24. The lowest BCUT2D eigenvalue weighted by Gasteiger charge is -2.26. The fourth-order valence-electron chi connectivity index (χ4n) is 2.48. The average molecular weight is 417 g/mol. The van der Waals surface area contributed by atoms with Gasteiger partial charge in [0.1, 0.15) is 12.1 Å². The normalized spacial score (nSPS) is 11.4. The Bertz CT molecular complexity index is 1080. The van der Waals surface area contributed by atoms with E-state index in [2.05, 4.69) is 0 Å². The third-order valence-corrected chi connectivity index (χ3v) is 5.41. The topological polar surface area (TPSA) is 131 Å². The molecule has 0 heterocycles. The maximum atomic E-state index is 13.3. The maximum absolute atomic E-state index is 13.3. The van der Waals surface area contributed by atoms with Crippen LogP contribution < -0.4 is 4.31 Å². The van der Waals surface area contributed by atoms with Crippen LogP contribution in [0.15, 0.2) is 53.4 Å². The lowest BCUT2D eigenvalue weighted by atomic mass is 10.2. The Morgan fingerprint density at radius 3 is 2.45 bits per heavy atom. The van der Waals surface area contributed by atoms with Crippen molar-refractivity contribution in [3.8, 4) is 6.07 Å². The number of para-hydroxylation sites is 1. The van der Waals surface area contributed by atoms with Crippen LogP contribution in [0.1, 0.15) is 26.3 Å². The van der Waals surface area contributed by atoms with Crippen LogP contribution in [0.4, 0.5) is 11.4 Å². The molecule has 152 valence electrons. The summed E-state index contributed by atoms with van der Waals surface area (Å²) >= 11 is 0. The number of carbonyl (C=O) groups excluding carboxylic acids is 1. The van der Waals surface area contributed by atoms with Crippen LogP contribution in [0.3, 0.4) is 0 Å². The van der Waals surface area contributed by atoms with Crippen molar-refractivity contribution < 1.29 is 22.9 Å². The lowest BCUT2D eigenvalue weighted by Crippen LogP contribution is -2.39. The summed E-state index contributed by atoms with van der Waals surface area (Å²) in [6.07, 6.45) is 0. The Hall–Kier alpha value is -3.45. The summed E-state index contributed by atoms with van der Waals surface area (Å²) in [4.78, 5) is 22.3. The number of hydrogen-bond donors (Lipinski definition) is 0. The molecule has 0 N–H and O–H groups in total. The molecule has 0 fully saturated rings. The van der Waals surface area contributed by atoms with E-state index in [0.29, 0.717) is 4.31 Å². The number of rotatable bonds is 6. The highest BCUT2D eigenvalue weighted by atomic mass is 32.2. The van der Waals surface area contributed by atoms with Crippen molar-refractivity contribution in [2.45, 2.75) is 31.3 Å². The third-order valence-electron chi connectivity index (χ3n) is 3.59. The molecule has 10 heteroatoms. The number of esters is 1. The molecule has 0 aliphatic carbocycles. The molecule has 0 aromatic heterocycles. The van der Waals surface area contributed by atoms with Gasteiger partial charge in [-0.1, -0.05) is 18.2 Å². The monoisotopic (exact) mass is 417 g/mol. The molecule has 0 saturated carbocycles. The molecule has 2 aromatic rings. The first-order valence-electron chi connectivity index (χ1n) is 8.44. The number of nitrogens with zero attached hydrogens (tertiary/aromatic N) is 3. The summed E-state index contributed by atoms with van der Waals surface area (Å²) in [5.41, 5.74) is -1.32. The number of hydrogen-bond acceptors (Lipinski definition) is 7. The summed E-state index contributed by atoms with van der Waals surface area (Å²) < 4.78 is 32.5. The second kappa shape index (κ2) is 8.28. The molecular weight excluding hydrogens is 398 g/mol. The van der Waals surface area contributed by atoms with E-state index in [0.717, 1.165) is 12.1 Å². The zero-order valence-corrected chi connectivity index (χ0v) is 16.8. The molecule has 0 unspecified atom stereocenters. The molecule has 0 saturated heterocycles. The van der Waals surface area contributed by atoms with Gasteiger partial charge in [-0.25, -0.2) is 8.42 Å². The molecule has 0 bridgehead atoms. The minimum Gasteiger partial charge on any atom is -0.459 e. The van der Waals surface area contributed by atoms with Gasteiger partial charge in [0, 0.05) is 6.07 Å². The van der Waals surface area contributed by atoms with E-state index in [-0.39, 0.29) is 11.3 Å². The SMILES string of the molecule is CC(C)(C)OC(=O)CN(c1cccc(C#N)c1)S(=O)(=O)c1ccccc1[N+](=O)[O-]. The van der Waals surface area contributed by atoms with Gasteiger partial charge in [0.15, 0.2) is 4.90 Å². The zero-order valence-electron chi connectivity index (χ0n) is 16.0. The van der Waals surface area contributed by atoms with Gasteiger partial charge in [0.2, 0.25) is 0 Å². The Morgan fingerprint density at radius 1 is 1.21 bits per heavy atom. The largest absolute Gasteiger partial charge is 0.459 e. The molecule has 0 atom stereocenters. The highest BCUT2D eigenvalue weighted by molar-refractivity contribution is 7.93. The van der Waals surface area contributed by atoms with Crippen molar-refractivity contribution in [1.82, 2.24) is 0 Å². The number of nitro groups is 1. The van der Waals surface area contributed by atoms with Gasteiger partial charge in [-0.05, 0) is 45.0 Å². The second-order valence-electron chi connectivity index (χ2n) is 6.99. The van der Waals surface area contributed by atoms with Crippen LogP contribution in [0.2, 0.25) is 0 Å². The van der Waals surface area contributed by atoms with Crippen molar-refractivity contribution in [1.29, 1.82) is 5.26 Å². The Balaban J connectivity index is 2.62. The average Bonchev–Trinajstić information content (AvgIpc) is 2.64. The highest BCUT2D eigenvalue weighted by Crippen LogP contribution is 2.30. The number of benzene rings is 2. The van der Waals surface area contributed by atoms with Crippen LogP contribution in [0.25, 0.3) is 0 Å². The third kappa shape index (κ3) is 5.30. The Labute approximate surface area is 168 Å². The molecular formula is C19H19N3O6S. The van der Waals surface area contributed by atoms with Crippen molar-refractivity contribution >= 4 is 27.4 Å². The quantitative estimate of drug-likeness (QED) is 0.401. The molecule has 2 rings (SSSR count). The smallest absolute Gasteiger partial charge is 0.327 e. The van der Waals surface area contributed by atoms with E-state index in [4.69, 9.17) is 10.00 Å². The van der Waals surface area contributed by atoms with Crippen LogP contribution >= 0.6 is 0 Å². The van der Waals surface area contributed by atoms with Gasteiger partial charge in [0.05, 0.1) is 22.2 Å². The first-order chi connectivity index (χ1) is 13.5.